The van der Waals surface area contributed by atoms with Gasteiger partial charge in [-0.05, 0) is 44.6 Å². The van der Waals surface area contributed by atoms with Crippen LogP contribution in [0.5, 0.6) is 5.88 Å². The van der Waals surface area contributed by atoms with Crippen LogP contribution in [0.25, 0.3) is 5.69 Å². The SMILES string of the molecule is CC(C)(C)c1ccc(Cn2c(=O)c(C(=O)NCC(=O)O)c(O)n(-c3ccccc3Br)c2=O)cc1. The van der Waals surface area contributed by atoms with E-state index in [9.17, 15) is 24.3 Å². The summed E-state index contributed by atoms with van der Waals surface area (Å²) in [6.45, 7) is 5.26. The molecular formula is C24H24BrN3O6. The van der Waals surface area contributed by atoms with E-state index in [1.165, 1.54) is 6.07 Å². The van der Waals surface area contributed by atoms with Crippen LogP contribution in [0.3, 0.4) is 0 Å². The number of aromatic nitrogens is 2. The summed E-state index contributed by atoms with van der Waals surface area (Å²) in [5, 5.41) is 21.7. The molecule has 0 aliphatic carbocycles. The molecule has 0 unspecified atom stereocenters. The van der Waals surface area contributed by atoms with Gasteiger partial charge in [-0.1, -0.05) is 57.2 Å². The van der Waals surface area contributed by atoms with E-state index in [0.29, 0.717) is 10.0 Å². The van der Waals surface area contributed by atoms with Crippen LogP contribution < -0.4 is 16.6 Å². The number of hydrogen-bond donors (Lipinski definition) is 3. The van der Waals surface area contributed by atoms with Crippen LogP contribution in [-0.2, 0) is 16.8 Å². The summed E-state index contributed by atoms with van der Waals surface area (Å²) < 4.78 is 2.11. The number of halogens is 1. The fourth-order valence-electron chi connectivity index (χ4n) is 3.37. The number of benzene rings is 2. The van der Waals surface area contributed by atoms with Crippen LogP contribution in [0.4, 0.5) is 0 Å². The lowest BCUT2D eigenvalue weighted by Crippen LogP contribution is -2.44. The number of carbonyl (C=O) groups is 2. The molecule has 1 amide bonds. The lowest BCUT2D eigenvalue weighted by molar-refractivity contribution is -0.135. The first kappa shape index (κ1) is 25.0. The largest absolute Gasteiger partial charge is 0.493 e. The predicted octanol–water partition coefficient (Wildman–Crippen LogP) is 2.63. The van der Waals surface area contributed by atoms with Gasteiger partial charge in [0.15, 0.2) is 5.56 Å². The van der Waals surface area contributed by atoms with E-state index < -0.39 is 41.1 Å². The number of nitrogens with one attached hydrogen (secondary N) is 1. The van der Waals surface area contributed by atoms with Crippen molar-refractivity contribution < 1.29 is 19.8 Å². The molecule has 0 atom stereocenters. The van der Waals surface area contributed by atoms with Crippen molar-refractivity contribution in [1.29, 1.82) is 0 Å². The van der Waals surface area contributed by atoms with Gasteiger partial charge in [-0.2, -0.15) is 0 Å². The molecule has 10 heteroatoms. The second-order valence-corrected chi connectivity index (χ2v) is 9.54. The van der Waals surface area contributed by atoms with E-state index in [1.807, 2.05) is 12.1 Å². The van der Waals surface area contributed by atoms with Gasteiger partial charge < -0.3 is 15.5 Å². The minimum absolute atomic E-state index is 0.0877. The van der Waals surface area contributed by atoms with Gasteiger partial charge in [0.25, 0.3) is 11.5 Å². The number of carboxylic acid groups (broad SMARTS) is 1. The van der Waals surface area contributed by atoms with Gasteiger partial charge >= 0.3 is 11.7 Å². The first-order valence-corrected chi connectivity index (χ1v) is 11.1. The van der Waals surface area contributed by atoms with Crippen molar-refractivity contribution in [2.45, 2.75) is 32.7 Å². The van der Waals surface area contributed by atoms with E-state index in [2.05, 4.69) is 42.0 Å². The highest BCUT2D eigenvalue weighted by molar-refractivity contribution is 9.10. The van der Waals surface area contributed by atoms with E-state index in [0.717, 1.165) is 14.7 Å². The van der Waals surface area contributed by atoms with Crippen molar-refractivity contribution in [2.75, 3.05) is 6.54 Å². The van der Waals surface area contributed by atoms with Crippen molar-refractivity contribution in [3.05, 3.63) is 90.5 Å². The van der Waals surface area contributed by atoms with Crippen LogP contribution >= 0.6 is 15.9 Å². The van der Waals surface area contributed by atoms with E-state index in [-0.39, 0.29) is 17.6 Å². The Morgan fingerprint density at radius 1 is 1.03 bits per heavy atom. The number of carboxylic acids is 1. The Morgan fingerprint density at radius 2 is 1.65 bits per heavy atom. The molecule has 1 aromatic heterocycles. The van der Waals surface area contributed by atoms with Crippen LogP contribution in [0.1, 0.15) is 42.3 Å². The minimum Gasteiger partial charge on any atom is -0.493 e. The Kier molecular flexibility index (Phi) is 7.11. The summed E-state index contributed by atoms with van der Waals surface area (Å²) in [7, 11) is 0. The summed E-state index contributed by atoms with van der Waals surface area (Å²) in [6, 6.07) is 13.8. The molecule has 0 bridgehead atoms. The van der Waals surface area contributed by atoms with E-state index >= 15 is 0 Å². The number of hydrogen-bond acceptors (Lipinski definition) is 5. The maximum absolute atomic E-state index is 13.4. The Balaban J connectivity index is 2.22. The zero-order valence-corrected chi connectivity index (χ0v) is 20.4. The molecule has 0 spiro atoms. The first-order valence-electron chi connectivity index (χ1n) is 10.3. The fourth-order valence-corrected chi connectivity index (χ4v) is 3.83. The van der Waals surface area contributed by atoms with Gasteiger partial charge in [0.1, 0.15) is 6.54 Å². The second-order valence-electron chi connectivity index (χ2n) is 8.68. The molecule has 9 nitrogen and oxygen atoms in total. The molecule has 2 aromatic carbocycles. The van der Waals surface area contributed by atoms with Crippen molar-refractivity contribution >= 4 is 27.8 Å². The lowest BCUT2D eigenvalue weighted by Gasteiger charge is -2.19. The summed E-state index contributed by atoms with van der Waals surface area (Å²) in [4.78, 5) is 50.1. The van der Waals surface area contributed by atoms with Gasteiger partial charge in [-0.15, -0.1) is 0 Å². The molecule has 0 fully saturated rings. The average molecular weight is 530 g/mol. The Morgan fingerprint density at radius 3 is 2.21 bits per heavy atom. The quantitative estimate of drug-likeness (QED) is 0.449. The van der Waals surface area contributed by atoms with Gasteiger partial charge in [-0.3, -0.25) is 19.0 Å². The third-order valence-corrected chi connectivity index (χ3v) is 5.87. The smallest absolute Gasteiger partial charge is 0.338 e. The summed E-state index contributed by atoms with van der Waals surface area (Å²) in [5.41, 5.74) is -0.813. The normalized spacial score (nSPS) is 11.3. The number of aromatic hydroxyl groups is 1. The average Bonchev–Trinajstić information content (AvgIpc) is 2.76. The fraction of sp³-hybridized carbons (Fsp3) is 0.250. The van der Waals surface area contributed by atoms with Gasteiger partial charge in [0, 0.05) is 4.47 Å². The van der Waals surface area contributed by atoms with Gasteiger partial charge in [0.05, 0.1) is 12.2 Å². The lowest BCUT2D eigenvalue weighted by atomic mass is 9.87. The molecule has 0 saturated carbocycles. The van der Waals surface area contributed by atoms with E-state index in [1.54, 1.807) is 30.3 Å². The zero-order valence-electron chi connectivity index (χ0n) is 18.8. The van der Waals surface area contributed by atoms with Crippen molar-refractivity contribution in [3.63, 3.8) is 0 Å². The summed E-state index contributed by atoms with van der Waals surface area (Å²) >= 11 is 3.31. The van der Waals surface area contributed by atoms with Crippen molar-refractivity contribution in [2.24, 2.45) is 0 Å². The molecule has 0 radical (unpaired) electrons. The molecule has 0 saturated heterocycles. The molecule has 178 valence electrons. The number of aliphatic carboxylic acids is 1. The first-order chi connectivity index (χ1) is 15.9. The van der Waals surface area contributed by atoms with Crippen LogP contribution in [0, 0.1) is 0 Å². The van der Waals surface area contributed by atoms with Crippen LogP contribution in [0.15, 0.2) is 62.6 Å². The molecule has 0 aliphatic heterocycles. The highest BCUT2D eigenvalue weighted by Crippen LogP contribution is 2.25. The molecular weight excluding hydrogens is 506 g/mol. The standard InChI is InChI=1S/C24H24BrN3O6/c1-24(2,3)15-10-8-14(9-11-15)13-27-21(32)19(20(31)26-12-18(29)30)22(33)28(23(27)34)17-7-5-4-6-16(17)25/h4-11,33H,12-13H2,1-3H3,(H,26,31)(H,29,30). The topological polar surface area (TPSA) is 131 Å². The molecule has 3 aromatic rings. The summed E-state index contributed by atoms with van der Waals surface area (Å²) in [6.07, 6.45) is 0. The van der Waals surface area contributed by atoms with Gasteiger partial charge in [0.2, 0.25) is 5.88 Å². The third kappa shape index (κ3) is 5.12. The maximum atomic E-state index is 13.4. The number of nitrogens with zero attached hydrogens (tertiary/aromatic N) is 2. The highest BCUT2D eigenvalue weighted by atomic mass is 79.9. The van der Waals surface area contributed by atoms with E-state index in [4.69, 9.17) is 5.11 Å². The van der Waals surface area contributed by atoms with Crippen molar-refractivity contribution in [3.8, 4) is 11.6 Å². The monoisotopic (exact) mass is 529 g/mol. The number of para-hydroxylation sites is 1. The van der Waals surface area contributed by atoms with Crippen molar-refractivity contribution in [1.82, 2.24) is 14.5 Å². The maximum Gasteiger partial charge on any atom is 0.338 e. The third-order valence-electron chi connectivity index (χ3n) is 5.20. The predicted molar refractivity (Wildman–Crippen MR) is 130 cm³/mol. The molecule has 3 rings (SSSR count). The Bertz CT molecular complexity index is 1370. The minimum atomic E-state index is -1.33. The van der Waals surface area contributed by atoms with Crippen LogP contribution in [0.2, 0.25) is 0 Å². The Labute approximate surface area is 203 Å². The number of amides is 1. The molecule has 3 N–H and O–H groups in total. The summed E-state index contributed by atoms with van der Waals surface area (Å²) in [5.74, 6) is -3.32. The molecule has 0 aliphatic rings. The van der Waals surface area contributed by atoms with Gasteiger partial charge in [-0.25, -0.2) is 9.36 Å². The zero-order chi connectivity index (χ0) is 25.2. The highest BCUT2D eigenvalue weighted by Gasteiger charge is 2.26. The second kappa shape index (κ2) is 9.68. The molecule has 34 heavy (non-hydrogen) atoms. The number of carbonyl (C=O) groups excluding carboxylic acids is 1. The molecule has 1 heterocycles. The number of rotatable bonds is 6. The Hall–Kier alpha value is -3.66. The van der Waals surface area contributed by atoms with Crippen LogP contribution in [-0.4, -0.2) is 37.8 Å².